The molecule has 11 heavy (non-hydrogen) atoms. The molecule has 1 aliphatic heterocycles. The van der Waals surface area contributed by atoms with E-state index in [-0.39, 0.29) is 5.41 Å². The van der Waals surface area contributed by atoms with Crippen molar-refractivity contribution < 1.29 is 4.74 Å². The fraction of sp³-hybridized carbons (Fsp3) is 0.750. The van der Waals surface area contributed by atoms with Gasteiger partial charge in [-0.25, -0.2) is 0 Å². The van der Waals surface area contributed by atoms with Crippen molar-refractivity contribution in [2.24, 2.45) is 11.1 Å². The number of hydrogen-bond acceptors (Lipinski definition) is 2. The molecule has 1 saturated heterocycles. The van der Waals surface area contributed by atoms with E-state index in [1.54, 1.807) is 5.54 Å². The van der Waals surface area contributed by atoms with Crippen LogP contribution in [0.5, 0.6) is 0 Å². The van der Waals surface area contributed by atoms with E-state index in [0.717, 1.165) is 26.1 Å². The monoisotopic (exact) mass is 175 g/mol. The number of halogens is 1. The van der Waals surface area contributed by atoms with Crippen LogP contribution in [-0.2, 0) is 4.74 Å². The van der Waals surface area contributed by atoms with Gasteiger partial charge in [0.25, 0.3) is 0 Å². The zero-order valence-electron chi connectivity index (χ0n) is 6.55. The van der Waals surface area contributed by atoms with E-state index in [9.17, 15) is 0 Å². The first-order valence-corrected chi connectivity index (χ1v) is 4.30. The van der Waals surface area contributed by atoms with Gasteiger partial charge in [-0.3, -0.25) is 0 Å². The van der Waals surface area contributed by atoms with Crippen LogP contribution in [0.15, 0.2) is 11.6 Å². The maximum atomic E-state index is 5.65. The lowest BCUT2D eigenvalue weighted by atomic mass is 9.84. The van der Waals surface area contributed by atoms with E-state index in [1.807, 2.05) is 6.08 Å². The molecule has 0 bridgehead atoms. The van der Waals surface area contributed by atoms with Crippen LogP contribution in [0, 0.1) is 5.41 Å². The SMILES string of the molecule is NCC1(C/C=C/Cl)CCOC1. The number of rotatable bonds is 3. The molecule has 0 aromatic carbocycles. The molecule has 3 heteroatoms. The molecule has 0 radical (unpaired) electrons. The number of ether oxygens (including phenoxy) is 1. The Morgan fingerprint density at radius 2 is 2.45 bits per heavy atom. The smallest absolute Gasteiger partial charge is 0.0538 e. The summed E-state index contributed by atoms with van der Waals surface area (Å²) in [6, 6.07) is 0. The van der Waals surface area contributed by atoms with Crippen LogP contribution in [0.4, 0.5) is 0 Å². The molecule has 64 valence electrons. The predicted molar refractivity (Wildman–Crippen MR) is 46.5 cm³/mol. The summed E-state index contributed by atoms with van der Waals surface area (Å²) in [5.74, 6) is 0. The normalized spacial score (nSPS) is 31.8. The summed E-state index contributed by atoms with van der Waals surface area (Å²) >= 11 is 5.44. The van der Waals surface area contributed by atoms with Crippen molar-refractivity contribution in [2.45, 2.75) is 12.8 Å². The number of nitrogens with two attached hydrogens (primary N) is 1. The summed E-state index contributed by atoms with van der Waals surface area (Å²) in [4.78, 5) is 0. The molecule has 0 aromatic rings. The van der Waals surface area contributed by atoms with Gasteiger partial charge in [0.2, 0.25) is 0 Å². The van der Waals surface area contributed by atoms with Gasteiger partial charge < -0.3 is 10.5 Å². The number of hydrogen-bond donors (Lipinski definition) is 1. The molecule has 1 heterocycles. The van der Waals surface area contributed by atoms with Crippen LogP contribution in [0.2, 0.25) is 0 Å². The fourth-order valence-electron chi connectivity index (χ4n) is 1.35. The van der Waals surface area contributed by atoms with Gasteiger partial charge in [-0.05, 0) is 12.8 Å². The van der Waals surface area contributed by atoms with Gasteiger partial charge in [0.1, 0.15) is 0 Å². The molecular weight excluding hydrogens is 162 g/mol. The zero-order chi connectivity index (χ0) is 8.16. The van der Waals surface area contributed by atoms with Crippen LogP contribution < -0.4 is 5.73 Å². The van der Waals surface area contributed by atoms with Crippen LogP contribution in [-0.4, -0.2) is 19.8 Å². The largest absolute Gasteiger partial charge is 0.381 e. The Morgan fingerprint density at radius 1 is 1.64 bits per heavy atom. The summed E-state index contributed by atoms with van der Waals surface area (Å²) in [6.07, 6.45) is 3.95. The molecule has 0 spiro atoms. The van der Waals surface area contributed by atoms with Gasteiger partial charge in [0, 0.05) is 24.1 Å². The minimum absolute atomic E-state index is 0.172. The Bertz CT molecular complexity index is 141. The third-order valence-corrected chi connectivity index (χ3v) is 2.44. The minimum atomic E-state index is 0.172. The highest BCUT2D eigenvalue weighted by molar-refractivity contribution is 6.25. The van der Waals surface area contributed by atoms with Gasteiger partial charge in [-0.15, -0.1) is 0 Å². The van der Waals surface area contributed by atoms with Crippen molar-refractivity contribution in [2.75, 3.05) is 19.8 Å². The molecule has 2 N–H and O–H groups in total. The highest BCUT2D eigenvalue weighted by atomic mass is 35.5. The van der Waals surface area contributed by atoms with E-state index in [2.05, 4.69) is 0 Å². The van der Waals surface area contributed by atoms with Crippen molar-refractivity contribution in [3.05, 3.63) is 11.6 Å². The molecule has 2 nitrogen and oxygen atoms in total. The zero-order valence-corrected chi connectivity index (χ0v) is 7.31. The highest BCUT2D eigenvalue weighted by Gasteiger charge is 2.31. The van der Waals surface area contributed by atoms with Crippen molar-refractivity contribution in [3.8, 4) is 0 Å². The van der Waals surface area contributed by atoms with Gasteiger partial charge in [0.05, 0.1) is 6.61 Å². The molecule has 1 fully saturated rings. The summed E-state index contributed by atoms with van der Waals surface area (Å²) in [7, 11) is 0. The quantitative estimate of drug-likeness (QED) is 0.706. The first-order chi connectivity index (χ1) is 5.33. The second kappa shape index (κ2) is 4.10. The van der Waals surface area contributed by atoms with E-state index in [1.165, 1.54) is 0 Å². The molecular formula is C8H14ClNO. The van der Waals surface area contributed by atoms with Crippen LogP contribution in [0.1, 0.15) is 12.8 Å². The minimum Gasteiger partial charge on any atom is -0.381 e. The topological polar surface area (TPSA) is 35.2 Å². The fourth-order valence-corrected chi connectivity index (χ4v) is 1.44. The van der Waals surface area contributed by atoms with Crippen molar-refractivity contribution in [1.82, 2.24) is 0 Å². The Balaban J connectivity index is 2.45. The molecule has 0 saturated carbocycles. The Labute approximate surface area is 72.4 Å². The summed E-state index contributed by atoms with van der Waals surface area (Å²) < 4.78 is 5.29. The lowest BCUT2D eigenvalue weighted by Gasteiger charge is -2.22. The maximum Gasteiger partial charge on any atom is 0.0538 e. The van der Waals surface area contributed by atoms with E-state index in [0.29, 0.717) is 6.54 Å². The molecule has 0 aliphatic carbocycles. The second-order valence-electron chi connectivity index (χ2n) is 3.07. The average molecular weight is 176 g/mol. The summed E-state index contributed by atoms with van der Waals surface area (Å²) in [5, 5.41) is 0. The Morgan fingerprint density at radius 3 is 2.91 bits per heavy atom. The average Bonchev–Trinajstić information content (AvgIpc) is 2.50. The first-order valence-electron chi connectivity index (χ1n) is 3.86. The molecule has 0 amide bonds. The first kappa shape index (κ1) is 9.04. The summed E-state index contributed by atoms with van der Waals surface area (Å²) in [5.41, 5.74) is 7.38. The second-order valence-corrected chi connectivity index (χ2v) is 3.32. The standard InChI is InChI=1S/C8H14ClNO/c9-4-1-2-8(6-10)3-5-11-7-8/h1,4H,2-3,5-7,10H2/b4-1+. The van der Waals surface area contributed by atoms with Gasteiger partial charge in [-0.2, -0.15) is 0 Å². The molecule has 1 rings (SSSR count). The third kappa shape index (κ3) is 2.19. The predicted octanol–water partition coefficient (Wildman–Crippen LogP) is 1.49. The molecule has 1 aliphatic rings. The maximum absolute atomic E-state index is 5.65. The van der Waals surface area contributed by atoms with Crippen LogP contribution >= 0.6 is 11.6 Å². The lowest BCUT2D eigenvalue weighted by molar-refractivity contribution is 0.156. The summed E-state index contributed by atoms with van der Waals surface area (Å²) in [6.45, 7) is 2.31. The highest BCUT2D eigenvalue weighted by Crippen LogP contribution is 2.31. The Kier molecular flexibility index (Phi) is 3.37. The lowest BCUT2D eigenvalue weighted by Crippen LogP contribution is -2.30. The van der Waals surface area contributed by atoms with Crippen molar-refractivity contribution in [3.63, 3.8) is 0 Å². The van der Waals surface area contributed by atoms with Crippen molar-refractivity contribution >= 4 is 11.6 Å². The van der Waals surface area contributed by atoms with E-state index >= 15 is 0 Å². The van der Waals surface area contributed by atoms with Gasteiger partial charge >= 0.3 is 0 Å². The molecule has 0 aromatic heterocycles. The van der Waals surface area contributed by atoms with E-state index < -0.39 is 0 Å². The molecule has 1 unspecified atom stereocenters. The van der Waals surface area contributed by atoms with Crippen molar-refractivity contribution in [1.29, 1.82) is 0 Å². The van der Waals surface area contributed by atoms with Gasteiger partial charge in [-0.1, -0.05) is 17.7 Å². The number of allylic oxidation sites excluding steroid dienone is 1. The molecule has 1 atom stereocenters. The van der Waals surface area contributed by atoms with E-state index in [4.69, 9.17) is 22.1 Å². The van der Waals surface area contributed by atoms with Gasteiger partial charge in [0.15, 0.2) is 0 Å². The Hall–Kier alpha value is -0.0500. The van der Waals surface area contributed by atoms with Crippen LogP contribution in [0.3, 0.4) is 0 Å². The third-order valence-electron chi connectivity index (χ3n) is 2.26. The van der Waals surface area contributed by atoms with Crippen LogP contribution in [0.25, 0.3) is 0 Å².